The van der Waals surface area contributed by atoms with Crippen molar-refractivity contribution in [1.29, 1.82) is 0 Å². The molecule has 0 atom stereocenters. The molecule has 0 aliphatic rings. The van der Waals surface area contributed by atoms with E-state index in [9.17, 15) is 0 Å². The molecule has 0 saturated heterocycles. The van der Waals surface area contributed by atoms with E-state index in [2.05, 4.69) is 0 Å². The van der Waals surface area contributed by atoms with Crippen LogP contribution in [0, 0.1) is 0 Å². The smallest absolute Gasteiger partial charge is 0.191 e. The van der Waals surface area contributed by atoms with Crippen LogP contribution in [0.1, 0.15) is 13.8 Å². The Labute approximate surface area is 102 Å². The lowest BCUT2D eigenvalue weighted by Crippen LogP contribution is -2.25. The molecule has 0 aliphatic carbocycles. The van der Waals surface area contributed by atoms with Gasteiger partial charge in [0, 0.05) is 19.3 Å². The fraction of sp³-hybridized carbons (Fsp3) is 0.500. The lowest BCUT2D eigenvalue weighted by atomic mass is 10.2. The zero-order valence-electron chi connectivity index (χ0n) is 10.3. The number of hydrogen-bond acceptors (Lipinski definition) is 5. The molecule has 1 rings (SSSR count). The van der Waals surface area contributed by atoms with Gasteiger partial charge in [0.25, 0.3) is 0 Å². The first-order valence-corrected chi connectivity index (χ1v) is 5.68. The van der Waals surface area contributed by atoms with Crippen LogP contribution in [0.15, 0.2) is 18.2 Å². The van der Waals surface area contributed by atoms with Crippen LogP contribution in [0.5, 0.6) is 5.75 Å². The average Bonchev–Trinajstić information content (AvgIpc) is 2.31. The van der Waals surface area contributed by atoms with Crippen molar-refractivity contribution in [2.75, 3.05) is 31.3 Å². The molecule has 0 aromatic heterocycles. The van der Waals surface area contributed by atoms with Gasteiger partial charge in [-0.1, -0.05) is 0 Å². The summed E-state index contributed by atoms with van der Waals surface area (Å²) < 4.78 is 16.2. The largest absolute Gasteiger partial charge is 0.488 e. The fourth-order valence-corrected chi connectivity index (χ4v) is 1.32. The first-order chi connectivity index (χ1) is 8.17. The van der Waals surface area contributed by atoms with Crippen LogP contribution in [0.25, 0.3) is 0 Å². The van der Waals surface area contributed by atoms with Gasteiger partial charge in [-0.05, 0) is 26.0 Å². The Bertz CT molecular complexity index is 339. The van der Waals surface area contributed by atoms with Crippen LogP contribution in [-0.4, -0.2) is 26.1 Å². The van der Waals surface area contributed by atoms with Gasteiger partial charge in [0.1, 0.15) is 12.4 Å². The highest BCUT2D eigenvalue weighted by molar-refractivity contribution is 5.65. The average molecular weight is 240 g/mol. The van der Waals surface area contributed by atoms with Gasteiger partial charge in [0.2, 0.25) is 0 Å². The van der Waals surface area contributed by atoms with Crippen LogP contribution in [0.3, 0.4) is 0 Å². The summed E-state index contributed by atoms with van der Waals surface area (Å²) in [5, 5.41) is 0. The first kappa shape index (κ1) is 13.6. The van der Waals surface area contributed by atoms with Crippen molar-refractivity contribution < 1.29 is 14.2 Å². The van der Waals surface area contributed by atoms with Crippen molar-refractivity contribution >= 4 is 11.4 Å². The molecule has 1 aromatic carbocycles. The predicted molar refractivity (Wildman–Crippen MR) is 67.8 cm³/mol. The fourth-order valence-electron chi connectivity index (χ4n) is 1.32. The van der Waals surface area contributed by atoms with Crippen molar-refractivity contribution in [2.24, 2.45) is 0 Å². The summed E-state index contributed by atoms with van der Waals surface area (Å²) in [6.45, 7) is 5.31. The minimum atomic E-state index is -0.358. The highest BCUT2D eigenvalue weighted by atomic mass is 16.7. The van der Waals surface area contributed by atoms with Crippen molar-refractivity contribution in [2.45, 2.75) is 20.1 Å². The summed E-state index contributed by atoms with van der Waals surface area (Å²) in [5.41, 5.74) is 12.3. The highest BCUT2D eigenvalue weighted by Crippen LogP contribution is 2.21. The number of anilines is 2. The van der Waals surface area contributed by atoms with Crippen LogP contribution < -0.4 is 16.2 Å². The molecule has 5 heteroatoms. The molecule has 0 spiro atoms. The minimum absolute atomic E-state index is 0.324. The maximum atomic E-state index is 5.68. The monoisotopic (exact) mass is 240 g/mol. The minimum Gasteiger partial charge on any atom is -0.488 e. The van der Waals surface area contributed by atoms with E-state index in [4.69, 9.17) is 25.7 Å². The Kier molecular flexibility index (Phi) is 5.59. The number of nitrogen functional groups attached to an aromatic ring is 2. The molecule has 5 nitrogen and oxygen atoms in total. The second-order valence-corrected chi connectivity index (χ2v) is 3.44. The Balaban J connectivity index is 2.49. The van der Waals surface area contributed by atoms with Gasteiger partial charge in [-0.15, -0.1) is 0 Å². The lowest BCUT2D eigenvalue weighted by Gasteiger charge is -2.17. The first-order valence-electron chi connectivity index (χ1n) is 5.68. The lowest BCUT2D eigenvalue weighted by molar-refractivity contribution is -0.152. The van der Waals surface area contributed by atoms with Gasteiger partial charge in [-0.2, -0.15) is 0 Å². The number of nitrogens with two attached hydrogens (primary N) is 2. The molecule has 0 saturated carbocycles. The highest BCUT2D eigenvalue weighted by Gasteiger charge is 2.09. The maximum absolute atomic E-state index is 5.68. The molecular weight excluding hydrogens is 220 g/mol. The summed E-state index contributed by atoms with van der Waals surface area (Å²) >= 11 is 0. The predicted octanol–water partition coefficient (Wildman–Crippen LogP) is 1.63. The third-order valence-corrected chi connectivity index (χ3v) is 2.15. The SMILES string of the molecule is CCOC(COc1ccc(N)c(N)c1)OCC. The Morgan fingerprint density at radius 2 is 1.71 bits per heavy atom. The Morgan fingerprint density at radius 3 is 2.24 bits per heavy atom. The third-order valence-electron chi connectivity index (χ3n) is 2.15. The van der Waals surface area contributed by atoms with E-state index in [1.54, 1.807) is 18.2 Å². The van der Waals surface area contributed by atoms with E-state index in [-0.39, 0.29) is 6.29 Å². The van der Waals surface area contributed by atoms with Crippen molar-refractivity contribution in [3.05, 3.63) is 18.2 Å². The number of ether oxygens (including phenoxy) is 3. The molecule has 0 aliphatic heterocycles. The van der Waals surface area contributed by atoms with Gasteiger partial charge in [0.15, 0.2) is 6.29 Å². The zero-order chi connectivity index (χ0) is 12.7. The van der Waals surface area contributed by atoms with E-state index in [1.165, 1.54) is 0 Å². The third kappa shape index (κ3) is 4.50. The zero-order valence-corrected chi connectivity index (χ0v) is 10.3. The summed E-state index contributed by atoms with van der Waals surface area (Å²) in [6, 6.07) is 5.16. The topological polar surface area (TPSA) is 79.7 Å². The number of benzene rings is 1. The van der Waals surface area contributed by atoms with Gasteiger partial charge in [-0.25, -0.2) is 0 Å². The van der Waals surface area contributed by atoms with Crippen LogP contribution in [0.4, 0.5) is 11.4 Å². The quantitative estimate of drug-likeness (QED) is 0.559. The second-order valence-electron chi connectivity index (χ2n) is 3.44. The molecule has 0 heterocycles. The number of rotatable bonds is 7. The molecular formula is C12H20N2O3. The normalized spacial score (nSPS) is 10.8. The molecule has 0 bridgehead atoms. The van der Waals surface area contributed by atoms with E-state index in [1.807, 2.05) is 13.8 Å². The molecule has 96 valence electrons. The summed E-state index contributed by atoms with van der Waals surface area (Å²) in [4.78, 5) is 0. The summed E-state index contributed by atoms with van der Waals surface area (Å²) in [6.07, 6.45) is -0.358. The van der Waals surface area contributed by atoms with Crippen molar-refractivity contribution in [1.82, 2.24) is 0 Å². The summed E-state index contributed by atoms with van der Waals surface area (Å²) in [5.74, 6) is 0.654. The standard InChI is InChI=1S/C12H20N2O3/c1-3-15-12(16-4-2)8-17-9-5-6-10(13)11(14)7-9/h5-7,12H,3-4,8,13-14H2,1-2H3. The molecule has 0 radical (unpaired) electrons. The second kappa shape index (κ2) is 6.98. The van der Waals surface area contributed by atoms with Crippen molar-refractivity contribution in [3.63, 3.8) is 0 Å². The number of hydrogen-bond donors (Lipinski definition) is 2. The molecule has 17 heavy (non-hydrogen) atoms. The van der Waals surface area contributed by atoms with E-state index in [0.717, 1.165) is 0 Å². The molecule has 1 aromatic rings. The van der Waals surface area contributed by atoms with Crippen LogP contribution in [0.2, 0.25) is 0 Å². The molecule has 0 fully saturated rings. The molecule has 4 N–H and O–H groups in total. The van der Waals surface area contributed by atoms with Crippen LogP contribution >= 0.6 is 0 Å². The van der Waals surface area contributed by atoms with Gasteiger partial charge in [0.05, 0.1) is 11.4 Å². The van der Waals surface area contributed by atoms with E-state index >= 15 is 0 Å². The van der Waals surface area contributed by atoms with E-state index in [0.29, 0.717) is 36.9 Å². The van der Waals surface area contributed by atoms with Crippen LogP contribution in [-0.2, 0) is 9.47 Å². The maximum Gasteiger partial charge on any atom is 0.191 e. The molecule has 0 amide bonds. The van der Waals surface area contributed by atoms with Gasteiger partial charge >= 0.3 is 0 Å². The Hall–Kier alpha value is -1.46. The Morgan fingerprint density at radius 1 is 1.06 bits per heavy atom. The van der Waals surface area contributed by atoms with E-state index < -0.39 is 0 Å². The summed E-state index contributed by atoms with van der Waals surface area (Å²) in [7, 11) is 0. The van der Waals surface area contributed by atoms with Gasteiger partial charge in [-0.3, -0.25) is 0 Å². The van der Waals surface area contributed by atoms with Crippen molar-refractivity contribution in [3.8, 4) is 5.75 Å². The van der Waals surface area contributed by atoms with Gasteiger partial charge < -0.3 is 25.7 Å². The molecule has 0 unspecified atom stereocenters.